The molecule has 1 atom stereocenters. The summed E-state index contributed by atoms with van der Waals surface area (Å²) in [4.78, 5) is 32.7. The standard InChI is InChI=1S/C23H23N3O4S2/c1-29-19-8-7-14(9-20(19)30-2)18-13-32-23(24-18)25-22(28)15-10-21(27)26(12-15)16-5-4-6-17(11-16)31-3/h4-9,11,13,15H,10,12H2,1-3H3,(H,24,25,28). The first-order valence-electron chi connectivity index (χ1n) is 9.95. The lowest BCUT2D eigenvalue weighted by atomic mass is 10.1. The van der Waals surface area contributed by atoms with Crippen molar-refractivity contribution in [2.24, 2.45) is 5.92 Å². The zero-order chi connectivity index (χ0) is 22.7. The molecule has 1 saturated heterocycles. The lowest BCUT2D eigenvalue weighted by molar-refractivity contribution is -0.122. The molecule has 2 aromatic carbocycles. The first kappa shape index (κ1) is 22.2. The number of rotatable bonds is 7. The summed E-state index contributed by atoms with van der Waals surface area (Å²) in [7, 11) is 3.17. The highest BCUT2D eigenvalue weighted by molar-refractivity contribution is 7.98. The van der Waals surface area contributed by atoms with Gasteiger partial charge >= 0.3 is 0 Å². The van der Waals surface area contributed by atoms with Crippen LogP contribution in [0.5, 0.6) is 11.5 Å². The molecule has 1 aromatic heterocycles. The van der Waals surface area contributed by atoms with Crippen molar-refractivity contribution in [3.05, 3.63) is 47.8 Å². The molecule has 1 aliphatic rings. The van der Waals surface area contributed by atoms with Gasteiger partial charge in [0.05, 0.1) is 25.8 Å². The molecular formula is C23H23N3O4S2. The van der Waals surface area contributed by atoms with Crippen LogP contribution in [0.4, 0.5) is 10.8 Å². The maximum absolute atomic E-state index is 12.8. The third-order valence-electron chi connectivity index (χ3n) is 5.27. The van der Waals surface area contributed by atoms with Crippen LogP contribution in [0.15, 0.2) is 52.7 Å². The second-order valence-corrected chi connectivity index (χ2v) is 8.94. The molecule has 2 amide bonds. The van der Waals surface area contributed by atoms with E-state index in [1.807, 2.05) is 54.1 Å². The van der Waals surface area contributed by atoms with Gasteiger partial charge < -0.3 is 19.7 Å². The Morgan fingerprint density at radius 1 is 1.19 bits per heavy atom. The van der Waals surface area contributed by atoms with Crippen LogP contribution in [-0.4, -0.2) is 43.8 Å². The van der Waals surface area contributed by atoms with Crippen LogP contribution in [0.25, 0.3) is 11.3 Å². The zero-order valence-corrected chi connectivity index (χ0v) is 19.6. The summed E-state index contributed by atoms with van der Waals surface area (Å²) in [5.41, 5.74) is 2.40. The number of nitrogens with one attached hydrogen (secondary N) is 1. The van der Waals surface area contributed by atoms with Crippen LogP contribution in [0.2, 0.25) is 0 Å². The van der Waals surface area contributed by atoms with Crippen LogP contribution in [0.3, 0.4) is 0 Å². The van der Waals surface area contributed by atoms with E-state index in [1.165, 1.54) is 11.3 Å². The number of anilines is 2. The molecule has 0 saturated carbocycles. The minimum absolute atomic E-state index is 0.0476. The number of benzene rings is 2. The molecule has 166 valence electrons. The van der Waals surface area contributed by atoms with E-state index >= 15 is 0 Å². The Morgan fingerprint density at radius 2 is 2.00 bits per heavy atom. The molecule has 0 spiro atoms. The number of hydrogen-bond donors (Lipinski definition) is 1. The van der Waals surface area contributed by atoms with Gasteiger partial charge in [0.15, 0.2) is 16.6 Å². The number of amides is 2. The Bertz CT molecular complexity index is 1150. The van der Waals surface area contributed by atoms with E-state index in [-0.39, 0.29) is 18.2 Å². The molecule has 1 N–H and O–H groups in total. The van der Waals surface area contributed by atoms with E-state index in [0.717, 1.165) is 21.8 Å². The van der Waals surface area contributed by atoms with Gasteiger partial charge in [-0.25, -0.2) is 4.98 Å². The summed E-state index contributed by atoms with van der Waals surface area (Å²) >= 11 is 2.96. The molecule has 32 heavy (non-hydrogen) atoms. The van der Waals surface area contributed by atoms with E-state index < -0.39 is 5.92 Å². The van der Waals surface area contributed by atoms with Crippen molar-refractivity contribution in [1.29, 1.82) is 0 Å². The topological polar surface area (TPSA) is 80.8 Å². The first-order valence-corrected chi connectivity index (χ1v) is 12.1. The molecule has 9 heteroatoms. The Morgan fingerprint density at radius 3 is 2.75 bits per heavy atom. The van der Waals surface area contributed by atoms with Crippen molar-refractivity contribution in [2.75, 3.05) is 37.2 Å². The predicted octanol–water partition coefficient (Wildman–Crippen LogP) is 4.54. The molecule has 1 unspecified atom stereocenters. The lowest BCUT2D eigenvalue weighted by Crippen LogP contribution is -2.28. The lowest BCUT2D eigenvalue weighted by Gasteiger charge is -2.17. The van der Waals surface area contributed by atoms with E-state index in [4.69, 9.17) is 9.47 Å². The Hall–Kier alpha value is -3.04. The number of ether oxygens (including phenoxy) is 2. The number of thioether (sulfide) groups is 1. The number of hydrogen-bond acceptors (Lipinski definition) is 7. The summed E-state index contributed by atoms with van der Waals surface area (Å²) in [5, 5.41) is 5.24. The van der Waals surface area contributed by atoms with Gasteiger partial charge in [0.2, 0.25) is 11.8 Å². The highest BCUT2D eigenvalue weighted by atomic mass is 32.2. The van der Waals surface area contributed by atoms with Crippen molar-refractivity contribution in [3.63, 3.8) is 0 Å². The summed E-state index contributed by atoms with van der Waals surface area (Å²) in [5.74, 6) is 0.578. The van der Waals surface area contributed by atoms with Crippen LogP contribution in [-0.2, 0) is 9.59 Å². The minimum Gasteiger partial charge on any atom is -0.493 e. The molecule has 7 nitrogen and oxygen atoms in total. The smallest absolute Gasteiger partial charge is 0.231 e. The molecule has 0 aliphatic carbocycles. The molecule has 1 aliphatic heterocycles. The fourth-order valence-electron chi connectivity index (χ4n) is 3.58. The number of carbonyl (C=O) groups excluding carboxylic acids is 2. The molecule has 0 radical (unpaired) electrons. The normalized spacial score (nSPS) is 15.7. The second kappa shape index (κ2) is 9.62. The second-order valence-electron chi connectivity index (χ2n) is 7.20. The fraction of sp³-hybridized carbons (Fsp3) is 0.261. The minimum atomic E-state index is -0.422. The number of aromatic nitrogens is 1. The average Bonchev–Trinajstić information content (AvgIpc) is 3.45. The predicted molar refractivity (Wildman–Crippen MR) is 128 cm³/mol. The summed E-state index contributed by atoms with van der Waals surface area (Å²) in [6.07, 6.45) is 2.18. The van der Waals surface area contributed by atoms with Crippen molar-refractivity contribution >= 4 is 45.7 Å². The van der Waals surface area contributed by atoms with Crippen molar-refractivity contribution in [1.82, 2.24) is 4.98 Å². The van der Waals surface area contributed by atoms with Gasteiger partial charge in [-0.3, -0.25) is 9.59 Å². The SMILES string of the molecule is COc1ccc(-c2csc(NC(=O)C3CC(=O)N(c4cccc(SC)c4)C3)n2)cc1OC. The van der Waals surface area contributed by atoms with Crippen LogP contribution in [0.1, 0.15) is 6.42 Å². The van der Waals surface area contributed by atoms with Crippen LogP contribution in [0, 0.1) is 5.92 Å². The monoisotopic (exact) mass is 469 g/mol. The van der Waals surface area contributed by atoms with Gasteiger partial charge in [0.25, 0.3) is 0 Å². The van der Waals surface area contributed by atoms with Gasteiger partial charge in [0.1, 0.15) is 0 Å². The maximum Gasteiger partial charge on any atom is 0.231 e. The van der Waals surface area contributed by atoms with Gasteiger partial charge in [-0.15, -0.1) is 23.1 Å². The average molecular weight is 470 g/mol. The number of nitrogens with zero attached hydrogens (tertiary/aromatic N) is 2. The van der Waals surface area contributed by atoms with Gasteiger partial charge in [-0.2, -0.15) is 0 Å². The highest BCUT2D eigenvalue weighted by Gasteiger charge is 2.35. The molecular weight excluding hydrogens is 446 g/mol. The third-order valence-corrected chi connectivity index (χ3v) is 6.76. The van der Waals surface area contributed by atoms with Crippen LogP contribution < -0.4 is 19.7 Å². The Balaban J connectivity index is 1.44. The van der Waals surface area contributed by atoms with Gasteiger partial charge in [0, 0.05) is 34.5 Å². The van der Waals surface area contributed by atoms with Crippen molar-refractivity contribution in [2.45, 2.75) is 11.3 Å². The number of carbonyl (C=O) groups is 2. The fourth-order valence-corrected chi connectivity index (χ4v) is 4.75. The molecule has 3 aromatic rings. The van der Waals surface area contributed by atoms with Gasteiger partial charge in [-0.05, 0) is 42.7 Å². The zero-order valence-electron chi connectivity index (χ0n) is 18.0. The summed E-state index contributed by atoms with van der Waals surface area (Å²) in [6.45, 7) is 0.358. The molecule has 0 bridgehead atoms. The Kier molecular flexibility index (Phi) is 6.66. The largest absolute Gasteiger partial charge is 0.493 e. The summed E-state index contributed by atoms with van der Waals surface area (Å²) < 4.78 is 10.6. The number of methoxy groups -OCH3 is 2. The van der Waals surface area contributed by atoms with Gasteiger partial charge in [-0.1, -0.05) is 6.07 Å². The van der Waals surface area contributed by atoms with E-state index in [1.54, 1.807) is 30.9 Å². The van der Waals surface area contributed by atoms with E-state index in [2.05, 4.69) is 10.3 Å². The highest BCUT2D eigenvalue weighted by Crippen LogP contribution is 2.34. The van der Waals surface area contributed by atoms with E-state index in [9.17, 15) is 9.59 Å². The number of thiazole rings is 1. The van der Waals surface area contributed by atoms with Crippen LogP contribution >= 0.6 is 23.1 Å². The first-order chi connectivity index (χ1) is 15.5. The molecule has 1 fully saturated rings. The molecule has 4 rings (SSSR count). The third kappa shape index (κ3) is 4.58. The Labute approximate surface area is 194 Å². The quantitative estimate of drug-likeness (QED) is 0.512. The maximum atomic E-state index is 12.8. The summed E-state index contributed by atoms with van der Waals surface area (Å²) in [6, 6.07) is 13.3. The van der Waals surface area contributed by atoms with E-state index in [0.29, 0.717) is 23.2 Å². The van der Waals surface area contributed by atoms with Crippen molar-refractivity contribution in [3.8, 4) is 22.8 Å². The molecule has 2 heterocycles. The van der Waals surface area contributed by atoms with Crippen molar-refractivity contribution < 1.29 is 19.1 Å².